The highest BCUT2D eigenvalue weighted by Gasteiger charge is 2.30. The minimum absolute atomic E-state index is 0.641. The van der Waals surface area contributed by atoms with Gasteiger partial charge in [-0.1, -0.05) is 103 Å². The Morgan fingerprint density at radius 2 is 1.23 bits per heavy atom. The van der Waals surface area contributed by atoms with Crippen molar-refractivity contribution in [3.05, 3.63) is 140 Å². The normalized spacial score (nSPS) is 12.6. The average molecular weight is 618 g/mol. The van der Waals surface area contributed by atoms with Crippen LogP contribution in [-0.4, -0.2) is 9.97 Å². The van der Waals surface area contributed by atoms with E-state index in [0.717, 1.165) is 60.2 Å². The summed E-state index contributed by atoms with van der Waals surface area (Å²) < 4.78 is 8.81. The van der Waals surface area contributed by atoms with Crippen LogP contribution >= 0.6 is 11.3 Å². The zero-order chi connectivity index (χ0) is 30.6. The van der Waals surface area contributed by atoms with E-state index in [4.69, 9.17) is 14.4 Å². The Balaban J connectivity index is 1.28. The van der Waals surface area contributed by atoms with Crippen molar-refractivity contribution < 1.29 is 4.42 Å². The van der Waals surface area contributed by atoms with Gasteiger partial charge in [0, 0.05) is 37.4 Å². The number of benzene rings is 7. The maximum atomic E-state index is 6.57. The van der Waals surface area contributed by atoms with E-state index < -0.39 is 0 Å². The van der Waals surface area contributed by atoms with Gasteiger partial charge in [0.05, 0.1) is 27.3 Å². The summed E-state index contributed by atoms with van der Waals surface area (Å²) in [6.07, 6.45) is 0. The minimum atomic E-state index is 0.641. The molecule has 1 aliphatic heterocycles. The third-order valence-electron chi connectivity index (χ3n) is 9.59. The smallest absolute Gasteiger partial charge is 0.235 e. The number of para-hydroxylation sites is 2. The summed E-state index contributed by atoms with van der Waals surface area (Å²) in [5.41, 5.74) is 9.06. The second-order valence-corrected chi connectivity index (χ2v) is 13.2. The molecule has 4 heterocycles. The van der Waals surface area contributed by atoms with Gasteiger partial charge in [0.1, 0.15) is 11.2 Å². The number of nitrogens with zero attached hydrogens (tertiary/aromatic N) is 3. The molecule has 0 unspecified atom stereocenters. The fourth-order valence-corrected chi connectivity index (χ4v) is 8.65. The number of rotatable bonds is 2. The van der Waals surface area contributed by atoms with Gasteiger partial charge in [-0.05, 0) is 58.1 Å². The number of furan rings is 1. The summed E-state index contributed by atoms with van der Waals surface area (Å²) >= 11 is 1.74. The van der Waals surface area contributed by atoms with Crippen LogP contribution in [0.3, 0.4) is 0 Å². The number of fused-ring (bicyclic) bond motifs is 9. The molecule has 1 aliphatic rings. The molecule has 0 saturated heterocycles. The van der Waals surface area contributed by atoms with Crippen LogP contribution in [-0.2, 0) is 0 Å². The lowest BCUT2D eigenvalue weighted by molar-refractivity contribution is 0.670. The van der Waals surface area contributed by atoms with Crippen molar-refractivity contribution >= 4 is 92.4 Å². The second-order valence-electron chi connectivity index (χ2n) is 12.2. The predicted molar refractivity (Wildman–Crippen MR) is 196 cm³/mol. The molecular formula is C42H23N3OS. The van der Waals surface area contributed by atoms with Crippen LogP contribution in [0, 0.1) is 0 Å². The van der Waals surface area contributed by atoms with Crippen molar-refractivity contribution in [2.75, 3.05) is 4.90 Å². The van der Waals surface area contributed by atoms with Gasteiger partial charge in [-0.15, -0.1) is 11.3 Å². The van der Waals surface area contributed by atoms with Crippen molar-refractivity contribution in [3.63, 3.8) is 0 Å². The van der Waals surface area contributed by atoms with E-state index in [1.54, 1.807) is 11.3 Å². The first-order valence-electron chi connectivity index (χ1n) is 15.8. The lowest BCUT2D eigenvalue weighted by Gasteiger charge is -2.32. The Labute approximate surface area is 272 Å². The first-order valence-corrected chi connectivity index (χ1v) is 16.6. The summed E-state index contributed by atoms with van der Waals surface area (Å²) in [7, 11) is 0. The average Bonchev–Trinajstić information content (AvgIpc) is 3.70. The zero-order valence-corrected chi connectivity index (χ0v) is 25.8. The van der Waals surface area contributed by atoms with Crippen LogP contribution in [0.2, 0.25) is 0 Å². The number of anilines is 3. The molecule has 0 amide bonds. The largest absolute Gasteiger partial charge is 0.455 e. The van der Waals surface area contributed by atoms with Crippen LogP contribution in [0.25, 0.3) is 86.2 Å². The highest BCUT2D eigenvalue weighted by atomic mass is 32.1. The van der Waals surface area contributed by atoms with Crippen molar-refractivity contribution in [3.8, 4) is 22.4 Å². The van der Waals surface area contributed by atoms with Gasteiger partial charge >= 0.3 is 0 Å². The maximum absolute atomic E-state index is 6.57. The molecule has 0 bridgehead atoms. The van der Waals surface area contributed by atoms with E-state index in [-0.39, 0.29) is 0 Å². The third-order valence-corrected chi connectivity index (χ3v) is 10.8. The second kappa shape index (κ2) is 9.25. The number of hydrogen-bond acceptors (Lipinski definition) is 5. The summed E-state index contributed by atoms with van der Waals surface area (Å²) in [6.45, 7) is 0. The zero-order valence-electron chi connectivity index (χ0n) is 24.9. The Morgan fingerprint density at radius 1 is 0.532 bits per heavy atom. The lowest BCUT2D eigenvalue weighted by atomic mass is 9.89. The summed E-state index contributed by atoms with van der Waals surface area (Å²) in [5, 5.41) is 8.10. The number of aromatic nitrogens is 2. The van der Waals surface area contributed by atoms with Gasteiger partial charge in [0.25, 0.3) is 0 Å². The van der Waals surface area contributed by atoms with E-state index in [1.165, 1.54) is 37.4 Å². The molecule has 11 rings (SSSR count). The van der Waals surface area contributed by atoms with Crippen LogP contribution in [0.1, 0.15) is 0 Å². The topological polar surface area (TPSA) is 42.2 Å². The van der Waals surface area contributed by atoms with Crippen LogP contribution < -0.4 is 4.90 Å². The van der Waals surface area contributed by atoms with Crippen LogP contribution in [0.4, 0.5) is 17.3 Å². The maximum Gasteiger partial charge on any atom is 0.235 e. The van der Waals surface area contributed by atoms with Gasteiger partial charge in [-0.25, -0.2) is 9.97 Å². The molecule has 0 saturated carbocycles. The molecule has 0 fully saturated rings. The fourth-order valence-electron chi connectivity index (χ4n) is 7.50. The molecule has 0 atom stereocenters. The molecule has 3 aromatic heterocycles. The van der Waals surface area contributed by atoms with Crippen LogP contribution in [0.15, 0.2) is 144 Å². The molecule has 0 N–H and O–H groups in total. The monoisotopic (exact) mass is 617 g/mol. The summed E-state index contributed by atoms with van der Waals surface area (Å²) in [5.74, 6) is 0.641. The molecule has 218 valence electrons. The minimum Gasteiger partial charge on any atom is -0.455 e. The van der Waals surface area contributed by atoms with Gasteiger partial charge in [0.2, 0.25) is 5.95 Å². The standard InChI is InChI=1S/C42H23N3OS/c1-2-11-26-23-34-32(22-25(26)10-1)28-16-7-12-24-13-8-19-33(37(24)28)45(34)42-43-38-30-15-4-6-21-36(30)47-41(38)39(44-42)31-18-9-17-29-27-14-3-5-20-35(27)46-40(29)31/h1-23H. The molecule has 10 aromatic rings. The van der Waals surface area contributed by atoms with Gasteiger partial charge in [-0.3, -0.25) is 4.90 Å². The molecule has 7 aromatic carbocycles. The molecule has 0 spiro atoms. The molecule has 47 heavy (non-hydrogen) atoms. The van der Waals surface area contributed by atoms with Crippen molar-refractivity contribution in [2.24, 2.45) is 0 Å². The SMILES string of the molecule is c1ccc2cc3c(cc2c1)-c1cccc2cccc(c12)N3c1nc(-c2cccc3c2oc2ccccc23)c2sc3ccccc3c2n1. The van der Waals surface area contributed by atoms with Crippen molar-refractivity contribution in [2.45, 2.75) is 0 Å². The highest BCUT2D eigenvalue weighted by Crippen LogP contribution is 2.52. The Hall–Kier alpha value is -6.04. The van der Waals surface area contributed by atoms with Gasteiger partial charge in [-0.2, -0.15) is 0 Å². The quantitative estimate of drug-likeness (QED) is 0.194. The third kappa shape index (κ3) is 3.46. The molecular weight excluding hydrogens is 595 g/mol. The Kier molecular flexibility index (Phi) is 4.96. The van der Waals surface area contributed by atoms with Gasteiger partial charge in [0.15, 0.2) is 0 Å². The first kappa shape index (κ1) is 25.2. The van der Waals surface area contributed by atoms with E-state index >= 15 is 0 Å². The van der Waals surface area contributed by atoms with E-state index in [1.807, 2.05) is 12.1 Å². The lowest BCUT2D eigenvalue weighted by Crippen LogP contribution is -2.18. The molecule has 0 radical (unpaired) electrons. The summed E-state index contributed by atoms with van der Waals surface area (Å²) in [6, 6.07) is 49.4. The van der Waals surface area contributed by atoms with E-state index in [2.05, 4.69) is 132 Å². The highest BCUT2D eigenvalue weighted by molar-refractivity contribution is 7.26. The number of hydrogen-bond donors (Lipinski definition) is 0. The fraction of sp³-hybridized carbons (Fsp3) is 0. The van der Waals surface area contributed by atoms with E-state index in [0.29, 0.717) is 5.95 Å². The Morgan fingerprint density at radius 3 is 2.15 bits per heavy atom. The first-order chi connectivity index (χ1) is 23.3. The van der Waals surface area contributed by atoms with Crippen molar-refractivity contribution in [1.82, 2.24) is 9.97 Å². The predicted octanol–water partition coefficient (Wildman–Crippen LogP) is 12.2. The summed E-state index contributed by atoms with van der Waals surface area (Å²) in [4.78, 5) is 13.2. The molecule has 4 nitrogen and oxygen atoms in total. The Bertz CT molecular complexity index is 2930. The van der Waals surface area contributed by atoms with Crippen molar-refractivity contribution in [1.29, 1.82) is 0 Å². The number of thiophene rings is 1. The molecule has 0 aliphatic carbocycles. The van der Waals surface area contributed by atoms with Gasteiger partial charge < -0.3 is 4.42 Å². The van der Waals surface area contributed by atoms with Crippen LogP contribution in [0.5, 0.6) is 0 Å². The molecule has 5 heteroatoms. The van der Waals surface area contributed by atoms with E-state index in [9.17, 15) is 0 Å².